The van der Waals surface area contributed by atoms with Gasteiger partial charge in [0.1, 0.15) is 0 Å². The predicted molar refractivity (Wildman–Crippen MR) is 176 cm³/mol. The first-order chi connectivity index (χ1) is 19.7. The molecule has 0 saturated heterocycles. The van der Waals surface area contributed by atoms with Crippen LogP contribution in [0.25, 0.3) is 0 Å². The maximum absolute atomic E-state index is 13.3. The van der Waals surface area contributed by atoms with Gasteiger partial charge in [0.2, 0.25) is 5.78 Å². The Morgan fingerprint density at radius 3 is 1.80 bits per heavy atom. The van der Waals surface area contributed by atoms with Crippen LogP contribution in [0.1, 0.15) is 47.1 Å². The van der Waals surface area contributed by atoms with Gasteiger partial charge in [0.25, 0.3) is 0 Å². The highest BCUT2D eigenvalue weighted by Crippen LogP contribution is 2.27. The Kier molecular flexibility index (Phi) is 9.66. The lowest BCUT2D eigenvalue weighted by atomic mass is 10.0. The molecule has 0 spiro atoms. The van der Waals surface area contributed by atoms with E-state index in [2.05, 4.69) is 86.2 Å². The Labute approximate surface area is 245 Å². The highest BCUT2D eigenvalue weighted by Gasteiger charge is 2.20. The summed E-state index contributed by atoms with van der Waals surface area (Å²) in [6, 6.07) is 25.4. The maximum atomic E-state index is 13.3. The van der Waals surface area contributed by atoms with E-state index in [1.165, 1.54) is 5.69 Å². The van der Waals surface area contributed by atoms with Gasteiger partial charge in [-0.05, 0) is 115 Å². The highest BCUT2D eigenvalue weighted by atomic mass is 16.1. The van der Waals surface area contributed by atoms with Gasteiger partial charge >= 0.3 is 0 Å². The Balaban J connectivity index is 1.65. The van der Waals surface area contributed by atoms with Crippen molar-refractivity contribution in [3.63, 3.8) is 0 Å². The smallest absolute Gasteiger partial charge is 0.204 e. The van der Waals surface area contributed by atoms with Crippen LogP contribution in [0.3, 0.4) is 0 Å². The Morgan fingerprint density at radius 1 is 0.707 bits per heavy atom. The molecule has 4 rings (SSSR count). The van der Waals surface area contributed by atoms with Crippen LogP contribution < -0.4 is 20.4 Å². The molecular formula is C35H43N5O. The topological polar surface area (TPSA) is 60.0 Å². The largest absolute Gasteiger partial charge is 0.369 e. The minimum Gasteiger partial charge on any atom is -0.369 e. The Hall–Kier alpha value is -4.32. The summed E-state index contributed by atoms with van der Waals surface area (Å²) in [7, 11) is 0. The molecule has 6 heteroatoms. The van der Waals surface area contributed by atoms with Crippen molar-refractivity contribution in [2.24, 2.45) is 4.99 Å². The summed E-state index contributed by atoms with van der Waals surface area (Å²) in [5, 5.41) is 6.78. The van der Waals surface area contributed by atoms with E-state index in [-0.39, 0.29) is 5.78 Å². The first kappa shape index (κ1) is 29.7. The van der Waals surface area contributed by atoms with Gasteiger partial charge in [0.15, 0.2) is 0 Å². The van der Waals surface area contributed by atoms with E-state index in [4.69, 9.17) is 4.99 Å². The third-order valence-corrected chi connectivity index (χ3v) is 7.35. The number of carbonyl (C=O) groups excluding carboxylic acids is 1. The van der Waals surface area contributed by atoms with Gasteiger partial charge in [-0.15, -0.1) is 0 Å². The minimum atomic E-state index is -0.104. The summed E-state index contributed by atoms with van der Waals surface area (Å²) >= 11 is 0. The molecule has 0 bridgehead atoms. The summed E-state index contributed by atoms with van der Waals surface area (Å²) in [5.74, 6) is -0.104. The minimum absolute atomic E-state index is 0.104. The number of aryl methyl sites for hydroxylation is 1. The lowest BCUT2D eigenvalue weighted by molar-refractivity contribution is -0.111. The molecule has 0 atom stereocenters. The zero-order valence-corrected chi connectivity index (χ0v) is 25.4. The average Bonchev–Trinajstić information content (AvgIpc) is 2.94. The fourth-order valence-electron chi connectivity index (χ4n) is 5.16. The lowest BCUT2D eigenvalue weighted by Gasteiger charge is -2.27. The lowest BCUT2D eigenvalue weighted by Crippen LogP contribution is -2.30. The van der Waals surface area contributed by atoms with Gasteiger partial charge in [-0.2, -0.15) is 0 Å². The zero-order valence-electron chi connectivity index (χ0n) is 25.4. The number of nitrogens with one attached hydrogen (secondary N) is 2. The van der Waals surface area contributed by atoms with Crippen molar-refractivity contribution >= 4 is 39.9 Å². The van der Waals surface area contributed by atoms with E-state index in [0.29, 0.717) is 29.2 Å². The number of allylic oxidation sites excluding steroid dienone is 2. The van der Waals surface area contributed by atoms with Crippen LogP contribution >= 0.6 is 0 Å². The van der Waals surface area contributed by atoms with Gasteiger partial charge in [-0.1, -0.05) is 18.2 Å². The quantitative estimate of drug-likeness (QED) is 0.237. The normalized spacial score (nSPS) is 14.3. The number of hydrogen-bond acceptors (Lipinski definition) is 6. The number of rotatable bonds is 11. The third-order valence-electron chi connectivity index (χ3n) is 7.35. The number of carbonyl (C=O) groups is 1. The molecule has 0 aliphatic heterocycles. The van der Waals surface area contributed by atoms with Crippen LogP contribution in [-0.4, -0.2) is 36.7 Å². The number of para-hydroxylation sites is 1. The van der Waals surface area contributed by atoms with Gasteiger partial charge in [0, 0.05) is 54.0 Å². The Morgan fingerprint density at radius 2 is 1.27 bits per heavy atom. The molecule has 0 aromatic heterocycles. The Bertz CT molecular complexity index is 1430. The van der Waals surface area contributed by atoms with Crippen molar-refractivity contribution in [2.75, 3.05) is 33.5 Å². The van der Waals surface area contributed by atoms with E-state index in [1.54, 1.807) is 6.08 Å². The summed E-state index contributed by atoms with van der Waals surface area (Å²) in [6.45, 7) is 17.0. The second kappa shape index (κ2) is 13.4. The third kappa shape index (κ3) is 7.26. The van der Waals surface area contributed by atoms with Crippen molar-refractivity contribution in [2.45, 2.75) is 60.5 Å². The second-order valence-electron chi connectivity index (χ2n) is 10.9. The van der Waals surface area contributed by atoms with Crippen molar-refractivity contribution in [3.05, 3.63) is 102 Å². The molecule has 0 amide bonds. The molecule has 2 N–H and O–H groups in total. The zero-order chi connectivity index (χ0) is 29.5. The molecule has 3 aromatic rings. The average molecular weight is 550 g/mol. The first-order valence-electron chi connectivity index (χ1n) is 14.6. The number of ketones is 1. The highest BCUT2D eigenvalue weighted by molar-refractivity contribution is 6.24. The molecule has 6 nitrogen and oxygen atoms in total. The van der Waals surface area contributed by atoms with Crippen LogP contribution in [0.5, 0.6) is 0 Å². The van der Waals surface area contributed by atoms with Crippen LogP contribution in [0.2, 0.25) is 0 Å². The maximum Gasteiger partial charge on any atom is 0.204 e. The molecule has 0 fully saturated rings. The predicted octanol–water partition coefficient (Wildman–Crippen LogP) is 8.11. The molecule has 0 saturated carbocycles. The monoisotopic (exact) mass is 549 g/mol. The summed E-state index contributed by atoms with van der Waals surface area (Å²) in [6.07, 6.45) is 3.47. The summed E-state index contributed by atoms with van der Waals surface area (Å²) in [5.41, 5.74) is 7.87. The molecule has 0 heterocycles. The standard InChI is InChI=1S/C35H43N5O/c1-8-39(24(3)4)29-18-14-27(15-19-29)36-32-22-34(35(41)23-33(32)38-31-13-11-10-12-26(31)7)37-28-16-20-30(21-17-28)40(9-2)25(5)6/h10-25,37-38H,8-9H2,1-7H3/b36-32+. The molecule has 1 aliphatic carbocycles. The van der Waals surface area contributed by atoms with Crippen LogP contribution in [0, 0.1) is 6.92 Å². The van der Waals surface area contributed by atoms with Crippen LogP contribution in [-0.2, 0) is 4.79 Å². The molecular weight excluding hydrogens is 506 g/mol. The van der Waals surface area contributed by atoms with Crippen LogP contribution in [0.4, 0.5) is 28.4 Å². The number of anilines is 4. The number of benzene rings is 3. The van der Waals surface area contributed by atoms with E-state index in [9.17, 15) is 4.79 Å². The first-order valence-corrected chi connectivity index (χ1v) is 14.6. The molecule has 0 radical (unpaired) electrons. The van der Waals surface area contributed by atoms with Gasteiger partial charge in [0.05, 0.1) is 22.8 Å². The van der Waals surface area contributed by atoms with E-state index < -0.39 is 0 Å². The number of nitrogens with zero attached hydrogens (tertiary/aromatic N) is 3. The van der Waals surface area contributed by atoms with Gasteiger partial charge in [-0.25, -0.2) is 4.99 Å². The fraction of sp³-hybridized carbons (Fsp3) is 0.314. The van der Waals surface area contributed by atoms with Crippen molar-refractivity contribution in [1.82, 2.24) is 0 Å². The van der Waals surface area contributed by atoms with Crippen molar-refractivity contribution < 1.29 is 4.79 Å². The van der Waals surface area contributed by atoms with E-state index >= 15 is 0 Å². The second-order valence-corrected chi connectivity index (χ2v) is 10.9. The number of hydrogen-bond donors (Lipinski definition) is 2. The van der Waals surface area contributed by atoms with Gasteiger partial charge in [-0.3, -0.25) is 4.79 Å². The molecule has 214 valence electrons. The van der Waals surface area contributed by atoms with E-state index in [1.807, 2.05) is 61.5 Å². The SMILES string of the molecule is CCN(c1ccc(/N=C2\C=C(Nc3ccc(N(CC)C(C)C)cc3)C(=O)C=C2Nc2ccccc2C)cc1)C(C)C. The number of aliphatic imine (C=N–C) groups is 1. The van der Waals surface area contributed by atoms with Crippen LogP contribution in [0.15, 0.2) is 101 Å². The molecule has 1 aliphatic rings. The summed E-state index contributed by atoms with van der Waals surface area (Å²) < 4.78 is 0. The molecule has 0 unspecified atom stereocenters. The molecule has 41 heavy (non-hydrogen) atoms. The van der Waals surface area contributed by atoms with E-state index in [0.717, 1.165) is 41.4 Å². The molecule has 3 aromatic carbocycles. The summed E-state index contributed by atoms with van der Waals surface area (Å²) in [4.78, 5) is 23.0. The fourth-order valence-corrected chi connectivity index (χ4v) is 5.16. The van der Waals surface area contributed by atoms with Gasteiger partial charge < -0.3 is 20.4 Å². The van der Waals surface area contributed by atoms with Crippen molar-refractivity contribution in [3.8, 4) is 0 Å². The van der Waals surface area contributed by atoms with Crippen molar-refractivity contribution in [1.29, 1.82) is 0 Å².